The lowest BCUT2D eigenvalue weighted by atomic mass is 10.0. The molecule has 2 unspecified atom stereocenters. The number of anilines is 2. The number of hydrogen-bond donors (Lipinski definition) is 2. The molecule has 28 heavy (non-hydrogen) atoms. The summed E-state index contributed by atoms with van der Waals surface area (Å²) in [5.74, 6) is -0.215. The van der Waals surface area contributed by atoms with Crippen LogP contribution < -0.4 is 15.5 Å². The van der Waals surface area contributed by atoms with Crippen LogP contribution in [0, 0.1) is 12.7 Å². The fraction of sp³-hybridized carbons (Fsp3) is 0.364. The molecule has 2 aromatic rings. The van der Waals surface area contributed by atoms with E-state index >= 15 is 0 Å². The minimum absolute atomic E-state index is 0.000491. The Labute approximate surface area is 163 Å². The summed E-state index contributed by atoms with van der Waals surface area (Å²) in [6, 6.07) is 12.1. The molecule has 2 N–H and O–H groups in total. The van der Waals surface area contributed by atoms with Crippen molar-refractivity contribution in [2.45, 2.75) is 44.7 Å². The molecule has 0 radical (unpaired) electrons. The van der Waals surface area contributed by atoms with Gasteiger partial charge in [0.2, 0.25) is 11.8 Å². The number of piperidine rings is 1. The average molecular weight is 381 g/mol. The fourth-order valence-electron chi connectivity index (χ4n) is 4.08. The Morgan fingerprint density at radius 1 is 1.14 bits per heavy atom. The first-order chi connectivity index (χ1) is 13.5. The maximum absolute atomic E-state index is 13.4. The van der Waals surface area contributed by atoms with E-state index in [9.17, 15) is 14.0 Å². The Kier molecular flexibility index (Phi) is 5.03. The third-order valence-corrected chi connectivity index (χ3v) is 5.51. The van der Waals surface area contributed by atoms with Crippen molar-refractivity contribution in [3.05, 3.63) is 59.4 Å². The summed E-state index contributed by atoms with van der Waals surface area (Å²) in [7, 11) is 0. The lowest BCUT2D eigenvalue weighted by molar-refractivity contribution is -0.120. The molecule has 0 aromatic heterocycles. The van der Waals surface area contributed by atoms with Gasteiger partial charge in [-0.3, -0.25) is 9.59 Å². The van der Waals surface area contributed by atoms with Gasteiger partial charge in [-0.1, -0.05) is 12.1 Å². The van der Waals surface area contributed by atoms with Gasteiger partial charge in [0.05, 0.1) is 6.04 Å². The minimum atomic E-state index is -0.327. The molecule has 0 saturated carbocycles. The zero-order valence-corrected chi connectivity index (χ0v) is 15.9. The molecule has 2 aromatic carbocycles. The summed E-state index contributed by atoms with van der Waals surface area (Å²) in [6.45, 7) is 2.46. The Hall–Kier alpha value is -2.89. The quantitative estimate of drug-likeness (QED) is 0.849. The number of benzene rings is 2. The molecule has 0 bridgehead atoms. The Morgan fingerprint density at radius 3 is 2.75 bits per heavy atom. The van der Waals surface area contributed by atoms with E-state index < -0.39 is 0 Å². The van der Waals surface area contributed by atoms with Crippen LogP contribution in [0.2, 0.25) is 0 Å². The molecule has 2 heterocycles. The second kappa shape index (κ2) is 7.62. The molecular weight excluding hydrogens is 357 g/mol. The first-order valence-corrected chi connectivity index (χ1v) is 9.74. The summed E-state index contributed by atoms with van der Waals surface area (Å²) in [4.78, 5) is 26.3. The van der Waals surface area contributed by atoms with E-state index in [1.54, 1.807) is 11.0 Å². The Morgan fingerprint density at radius 2 is 2.00 bits per heavy atom. The van der Waals surface area contributed by atoms with Crippen molar-refractivity contribution >= 4 is 23.2 Å². The highest BCUT2D eigenvalue weighted by Gasteiger charge is 2.30. The van der Waals surface area contributed by atoms with Crippen molar-refractivity contribution in [3.8, 4) is 0 Å². The lowest BCUT2D eigenvalue weighted by Crippen LogP contribution is -2.48. The van der Waals surface area contributed by atoms with Crippen LogP contribution in [0.15, 0.2) is 42.5 Å². The highest BCUT2D eigenvalue weighted by molar-refractivity contribution is 6.00. The highest BCUT2D eigenvalue weighted by Crippen LogP contribution is 2.29. The van der Waals surface area contributed by atoms with Crippen LogP contribution in [0.3, 0.4) is 0 Å². The summed E-state index contributed by atoms with van der Waals surface area (Å²) in [6.07, 6.45) is 2.97. The van der Waals surface area contributed by atoms with Crippen LogP contribution in [0.1, 0.15) is 42.9 Å². The van der Waals surface area contributed by atoms with Crippen LogP contribution in [0.25, 0.3) is 0 Å². The zero-order chi connectivity index (χ0) is 19.7. The molecular formula is C22H24FN3O2. The van der Waals surface area contributed by atoms with Crippen molar-refractivity contribution in [2.75, 3.05) is 16.8 Å². The minimum Gasteiger partial charge on any atom is -0.374 e. The van der Waals surface area contributed by atoms with E-state index in [1.807, 2.05) is 31.2 Å². The highest BCUT2D eigenvalue weighted by atomic mass is 19.1. The molecule has 6 heteroatoms. The number of rotatable bonds is 4. The molecule has 0 spiro atoms. The van der Waals surface area contributed by atoms with Gasteiger partial charge in [0.25, 0.3) is 0 Å². The van der Waals surface area contributed by atoms with Gasteiger partial charge in [-0.15, -0.1) is 0 Å². The predicted molar refractivity (Wildman–Crippen MR) is 107 cm³/mol. The number of amides is 2. The van der Waals surface area contributed by atoms with Gasteiger partial charge in [0.15, 0.2) is 0 Å². The molecule has 5 nitrogen and oxygen atoms in total. The standard InChI is InChI=1S/C22H24FN3O2/c1-14-12-16(23)7-9-20(14)26-11-3-6-19(22(26)28)24-17-5-2-4-15(13-17)18-8-10-21(27)25-18/h2,4-5,7,9,12-13,18-19,24H,3,6,8,10-11H2,1H3,(H,25,27). The molecule has 2 saturated heterocycles. The van der Waals surface area contributed by atoms with Crippen molar-refractivity contribution in [1.29, 1.82) is 0 Å². The number of hydrogen-bond acceptors (Lipinski definition) is 3. The Balaban J connectivity index is 1.50. The Bertz CT molecular complexity index is 914. The van der Waals surface area contributed by atoms with E-state index in [1.165, 1.54) is 12.1 Å². The third kappa shape index (κ3) is 3.72. The first kappa shape index (κ1) is 18.5. The monoisotopic (exact) mass is 381 g/mol. The number of nitrogens with one attached hydrogen (secondary N) is 2. The second-order valence-corrected chi connectivity index (χ2v) is 7.54. The van der Waals surface area contributed by atoms with Crippen molar-refractivity contribution < 1.29 is 14.0 Å². The van der Waals surface area contributed by atoms with Gasteiger partial charge in [0, 0.05) is 24.3 Å². The van der Waals surface area contributed by atoms with Crippen LogP contribution in [-0.4, -0.2) is 24.4 Å². The van der Waals surface area contributed by atoms with Gasteiger partial charge >= 0.3 is 0 Å². The van der Waals surface area contributed by atoms with E-state index in [0.29, 0.717) is 13.0 Å². The number of carbonyl (C=O) groups is 2. The van der Waals surface area contributed by atoms with Gasteiger partial charge in [-0.2, -0.15) is 0 Å². The summed E-state index contributed by atoms with van der Waals surface area (Å²) in [5, 5.41) is 6.33. The first-order valence-electron chi connectivity index (χ1n) is 9.74. The predicted octanol–water partition coefficient (Wildman–Crippen LogP) is 3.69. The van der Waals surface area contributed by atoms with Gasteiger partial charge < -0.3 is 15.5 Å². The molecule has 2 atom stereocenters. The topological polar surface area (TPSA) is 61.4 Å². The number of nitrogens with zero attached hydrogens (tertiary/aromatic N) is 1. The molecule has 4 rings (SSSR count). The maximum atomic E-state index is 13.4. The van der Waals surface area contributed by atoms with Crippen molar-refractivity contribution in [2.24, 2.45) is 0 Å². The van der Waals surface area contributed by atoms with Gasteiger partial charge in [-0.05, 0) is 67.6 Å². The maximum Gasteiger partial charge on any atom is 0.249 e. The molecule has 2 aliphatic heterocycles. The fourth-order valence-corrected chi connectivity index (χ4v) is 4.08. The smallest absolute Gasteiger partial charge is 0.249 e. The zero-order valence-electron chi connectivity index (χ0n) is 15.9. The molecule has 146 valence electrons. The number of aryl methyl sites for hydroxylation is 1. The molecule has 2 fully saturated rings. The average Bonchev–Trinajstić information content (AvgIpc) is 3.11. The van der Waals surface area contributed by atoms with Crippen molar-refractivity contribution in [1.82, 2.24) is 5.32 Å². The summed E-state index contributed by atoms with van der Waals surface area (Å²) in [5.41, 5.74) is 3.44. The number of carbonyl (C=O) groups excluding carboxylic acids is 2. The van der Waals surface area contributed by atoms with Crippen LogP contribution in [-0.2, 0) is 9.59 Å². The molecule has 0 aliphatic carbocycles. The van der Waals surface area contributed by atoms with Gasteiger partial charge in [-0.25, -0.2) is 4.39 Å². The van der Waals surface area contributed by atoms with Crippen molar-refractivity contribution in [3.63, 3.8) is 0 Å². The molecule has 2 amide bonds. The van der Waals surface area contributed by atoms with Crippen LogP contribution in [0.4, 0.5) is 15.8 Å². The largest absolute Gasteiger partial charge is 0.374 e. The van der Waals surface area contributed by atoms with Gasteiger partial charge in [0.1, 0.15) is 11.9 Å². The second-order valence-electron chi connectivity index (χ2n) is 7.54. The normalized spacial score (nSPS) is 22.3. The van der Waals surface area contributed by atoms with Crippen LogP contribution >= 0.6 is 0 Å². The molecule has 2 aliphatic rings. The van der Waals surface area contributed by atoms with E-state index in [2.05, 4.69) is 10.6 Å². The van der Waals surface area contributed by atoms with Crippen LogP contribution in [0.5, 0.6) is 0 Å². The number of halogens is 1. The summed E-state index contributed by atoms with van der Waals surface area (Å²) < 4.78 is 13.4. The lowest BCUT2D eigenvalue weighted by Gasteiger charge is -2.34. The van der Waals surface area contributed by atoms with E-state index in [4.69, 9.17) is 0 Å². The van der Waals surface area contributed by atoms with E-state index in [-0.39, 0.29) is 29.7 Å². The summed E-state index contributed by atoms with van der Waals surface area (Å²) >= 11 is 0. The third-order valence-electron chi connectivity index (χ3n) is 5.51. The SMILES string of the molecule is Cc1cc(F)ccc1N1CCCC(Nc2cccc(C3CCC(=O)N3)c2)C1=O. The van der Waals surface area contributed by atoms with E-state index in [0.717, 1.165) is 41.8 Å².